The summed E-state index contributed by atoms with van der Waals surface area (Å²) in [4.78, 5) is 0.297. The summed E-state index contributed by atoms with van der Waals surface area (Å²) in [5.74, 6) is 0. The van der Waals surface area contributed by atoms with Crippen molar-refractivity contribution in [1.29, 1.82) is 0 Å². The second-order valence-corrected chi connectivity index (χ2v) is 7.20. The van der Waals surface area contributed by atoms with Crippen LogP contribution in [0.15, 0.2) is 71.8 Å². The number of rotatable bonds is 3. The van der Waals surface area contributed by atoms with E-state index in [2.05, 4.69) is 0 Å². The molecule has 0 amide bonds. The van der Waals surface area contributed by atoms with Crippen LogP contribution in [0.2, 0.25) is 0 Å². The normalized spacial score (nSPS) is 11.5. The molecule has 3 nitrogen and oxygen atoms in total. The van der Waals surface area contributed by atoms with Crippen LogP contribution in [-0.4, -0.2) is 12.4 Å². The average Bonchev–Trinajstić information content (AvgIpc) is 2.91. The van der Waals surface area contributed by atoms with Crippen LogP contribution in [0, 0.1) is 13.8 Å². The van der Waals surface area contributed by atoms with Gasteiger partial charge in [-0.1, -0.05) is 48.0 Å². The van der Waals surface area contributed by atoms with Gasteiger partial charge in [-0.2, -0.15) is 0 Å². The van der Waals surface area contributed by atoms with Crippen LogP contribution >= 0.6 is 0 Å². The van der Waals surface area contributed by atoms with Gasteiger partial charge in [0.05, 0.1) is 10.6 Å². The minimum atomic E-state index is -3.60. The van der Waals surface area contributed by atoms with Crippen molar-refractivity contribution in [3.05, 3.63) is 78.0 Å². The fraction of sp³-hybridized carbons (Fsp3) is 0.111. The maximum absolute atomic E-state index is 12.9. The highest BCUT2D eigenvalue weighted by Crippen LogP contribution is 2.26. The van der Waals surface area contributed by atoms with Crippen molar-refractivity contribution < 1.29 is 8.42 Å². The number of hydrogen-bond acceptors (Lipinski definition) is 2. The summed E-state index contributed by atoms with van der Waals surface area (Å²) in [5.41, 5.74) is 3.51. The fourth-order valence-electron chi connectivity index (χ4n) is 2.41. The van der Waals surface area contributed by atoms with Gasteiger partial charge in [-0.3, -0.25) is 0 Å². The summed E-state index contributed by atoms with van der Waals surface area (Å²) in [6, 6.07) is 18.4. The van der Waals surface area contributed by atoms with E-state index in [1.165, 1.54) is 3.97 Å². The van der Waals surface area contributed by atoms with Gasteiger partial charge >= 0.3 is 0 Å². The third-order valence-electron chi connectivity index (χ3n) is 3.57. The molecule has 3 rings (SSSR count). The Morgan fingerprint density at radius 2 is 1.45 bits per heavy atom. The van der Waals surface area contributed by atoms with Gasteiger partial charge in [0, 0.05) is 6.20 Å². The van der Waals surface area contributed by atoms with Crippen LogP contribution in [0.3, 0.4) is 0 Å². The van der Waals surface area contributed by atoms with Gasteiger partial charge < -0.3 is 0 Å². The predicted octanol–water partition coefficient (Wildman–Crippen LogP) is 4.01. The van der Waals surface area contributed by atoms with E-state index in [-0.39, 0.29) is 0 Å². The quantitative estimate of drug-likeness (QED) is 0.733. The number of hydrogen-bond donors (Lipinski definition) is 0. The first-order valence-corrected chi connectivity index (χ1v) is 8.49. The van der Waals surface area contributed by atoms with Gasteiger partial charge in [0.2, 0.25) is 0 Å². The molecule has 0 saturated carbocycles. The molecule has 1 aromatic heterocycles. The Hall–Kier alpha value is -2.33. The summed E-state index contributed by atoms with van der Waals surface area (Å²) < 4.78 is 27.2. The van der Waals surface area contributed by atoms with Crippen molar-refractivity contribution in [2.24, 2.45) is 0 Å². The SMILES string of the molecule is Cc1ccc(S(=O)(=O)n2cc(C)cc2-c2ccccc2)cc1. The molecule has 0 aliphatic rings. The topological polar surface area (TPSA) is 39.1 Å². The minimum absolute atomic E-state index is 0.297. The molecule has 0 aliphatic heterocycles. The molecule has 1 heterocycles. The van der Waals surface area contributed by atoms with Crippen molar-refractivity contribution in [1.82, 2.24) is 3.97 Å². The standard InChI is InChI=1S/C18H17NO2S/c1-14-8-10-17(11-9-14)22(20,21)19-13-15(2)12-18(19)16-6-4-3-5-7-16/h3-13H,1-2H3. The number of aryl methyl sites for hydroxylation is 2. The Morgan fingerprint density at radius 3 is 2.09 bits per heavy atom. The maximum Gasteiger partial charge on any atom is 0.268 e. The zero-order chi connectivity index (χ0) is 15.7. The molecule has 0 aliphatic carbocycles. The predicted molar refractivity (Wildman–Crippen MR) is 88.4 cm³/mol. The van der Waals surface area contributed by atoms with E-state index in [0.29, 0.717) is 10.6 Å². The first-order valence-electron chi connectivity index (χ1n) is 7.05. The van der Waals surface area contributed by atoms with Gasteiger partial charge in [-0.25, -0.2) is 12.4 Å². The molecule has 0 saturated heterocycles. The molecule has 0 radical (unpaired) electrons. The van der Waals surface area contributed by atoms with E-state index in [0.717, 1.165) is 16.7 Å². The van der Waals surface area contributed by atoms with Gasteiger partial charge in [-0.05, 0) is 43.2 Å². The summed E-state index contributed by atoms with van der Waals surface area (Å²) in [6.07, 6.45) is 1.66. The lowest BCUT2D eigenvalue weighted by Gasteiger charge is -2.11. The van der Waals surface area contributed by atoms with Crippen molar-refractivity contribution in [3.8, 4) is 11.3 Å². The molecule has 22 heavy (non-hydrogen) atoms. The highest BCUT2D eigenvalue weighted by atomic mass is 32.2. The smallest absolute Gasteiger partial charge is 0.241 e. The fourth-order valence-corrected chi connectivity index (χ4v) is 3.84. The largest absolute Gasteiger partial charge is 0.268 e. The second-order valence-electron chi connectivity index (χ2n) is 5.38. The molecule has 0 N–H and O–H groups in total. The average molecular weight is 311 g/mol. The molecule has 0 spiro atoms. The van der Waals surface area contributed by atoms with Crippen LogP contribution < -0.4 is 0 Å². The molecular weight excluding hydrogens is 294 g/mol. The van der Waals surface area contributed by atoms with Gasteiger partial charge in [0.25, 0.3) is 10.0 Å². The van der Waals surface area contributed by atoms with E-state index >= 15 is 0 Å². The van der Waals surface area contributed by atoms with Crippen molar-refractivity contribution in [2.45, 2.75) is 18.7 Å². The van der Waals surface area contributed by atoms with Crippen molar-refractivity contribution in [2.75, 3.05) is 0 Å². The van der Waals surface area contributed by atoms with Crippen molar-refractivity contribution in [3.63, 3.8) is 0 Å². The van der Waals surface area contributed by atoms with E-state index < -0.39 is 10.0 Å². The Labute approximate surface area is 130 Å². The first kappa shape index (κ1) is 14.6. The highest BCUT2D eigenvalue weighted by Gasteiger charge is 2.20. The molecule has 112 valence electrons. The summed E-state index contributed by atoms with van der Waals surface area (Å²) in [5, 5.41) is 0. The first-order chi connectivity index (χ1) is 10.5. The van der Waals surface area contributed by atoms with Crippen molar-refractivity contribution >= 4 is 10.0 Å². The highest BCUT2D eigenvalue weighted by molar-refractivity contribution is 7.90. The minimum Gasteiger partial charge on any atom is -0.241 e. The van der Waals surface area contributed by atoms with E-state index in [4.69, 9.17) is 0 Å². The molecule has 3 aromatic rings. The van der Waals surface area contributed by atoms with Gasteiger partial charge in [0.15, 0.2) is 0 Å². The molecule has 0 atom stereocenters. The zero-order valence-corrected chi connectivity index (χ0v) is 13.3. The summed E-state index contributed by atoms with van der Waals surface area (Å²) in [6.45, 7) is 3.83. The lowest BCUT2D eigenvalue weighted by molar-refractivity contribution is 0.588. The molecule has 2 aromatic carbocycles. The Bertz CT molecular complexity index is 892. The Kier molecular flexibility index (Phi) is 3.62. The van der Waals surface area contributed by atoms with Crippen LogP contribution in [0.5, 0.6) is 0 Å². The van der Waals surface area contributed by atoms with Crippen LogP contribution in [0.1, 0.15) is 11.1 Å². The van der Waals surface area contributed by atoms with Crippen LogP contribution in [0.25, 0.3) is 11.3 Å². The molecule has 4 heteroatoms. The van der Waals surface area contributed by atoms with Crippen LogP contribution in [-0.2, 0) is 10.0 Å². The van der Waals surface area contributed by atoms with Gasteiger partial charge in [0.1, 0.15) is 0 Å². The van der Waals surface area contributed by atoms with Gasteiger partial charge in [-0.15, -0.1) is 0 Å². The zero-order valence-electron chi connectivity index (χ0n) is 12.5. The molecule has 0 unspecified atom stereocenters. The molecular formula is C18H17NO2S. The van der Waals surface area contributed by atoms with E-state index in [1.54, 1.807) is 18.3 Å². The lowest BCUT2D eigenvalue weighted by atomic mass is 10.1. The Balaban J connectivity index is 2.18. The maximum atomic E-state index is 12.9. The van der Waals surface area contributed by atoms with E-state index in [1.807, 2.05) is 62.4 Å². The summed E-state index contributed by atoms with van der Waals surface area (Å²) in [7, 11) is -3.60. The number of aromatic nitrogens is 1. The molecule has 0 fully saturated rings. The van der Waals surface area contributed by atoms with Crippen LogP contribution in [0.4, 0.5) is 0 Å². The Morgan fingerprint density at radius 1 is 0.818 bits per heavy atom. The summed E-state index contributed by atoms with van der Waals surface area (Å²) >= 11 is 0. The molecule has 0 bridgehead atoms. The lowest BCUT2D eigenvalue weighted by Crippen LogP contribution is -2.13. The third-order valence-corrected chi connectivity index (χ3v) is 5.26. The monoisotopic (exact) mass is 311 g/mol. The number of nitrogens with zero attached hydrogens (tertiary/aromatic N) is 1. The number of benzene rings is 2. The van der Waals surface area contributed by atoms with E-state index in [9.17, 15) is 8.42 Å². The second kappa shape index (κ2) is 5.46. The third kappa shape index (κ3) is 2.57.